The number of alkyl halides is 2. The first kappa shape index (κ1) is 8.63. The van der Waals surface area contributed by atoms with Gasteiger partial charge in [0.25, 0.3) is 0 Å². The van der Waals surface area contributed by atoms with Crippen molar-refractivity contribution in [3.05, 3.63) is 0 Å². The molecule has 60 valence electrons. The van der Waals surface area contributed by atoms with Crippen molar-refractivity contribution < 1.29 is 4.74 Å². The summed E-state index contributed by atoms with van der Waals surface area (Å²) in [5.41, 5.74) is 0. The molecule has 0 aromatic rings. The van der Waals surface area contributed by atoms with Crippen LogP contribution in [0.3, 0.4) is 0 Å². The zero-order valence-corrected chi connectivity index (χ0v) is 7.74. The first-order valence-corrected chi connectivity index (χ1v) is 4.39. The van der Waals surface area contributed by atoms with Gasteiger partial charge in [-0.15, -0.1) is 0 Å². The normalized spacial score (nSPS) is 36.0. The minimum Gasteiger partial charge on any atom is -0.375 e. The second-order valence-electron chi connectivity index (χ2n) is 2.57. The van der Waals surface area contributed by atoms with Crippen molar-refractivity contribution in [1.82, 2.24) is 0 Å². The summed E-state index contributed by atoms with van der Waals surface area (Å²) >= 11 is 11.8. The van der Waals surface area contributed by atoms with Gasteiger partial charge < -0.3 is 4.74 Å². The summed E-state index contributed by atoms with van der Waals surface area (Å²) in [6.07, 6.45) is 1.07. The summed E-state index contributed by atoms with van der Waals surface area (Å²) in [6.45, 7) is 4.72. The number of halogens is 2. The van der Waals surface area contributed by atoms with Gasteiger partial charge in [0, 0.05) is 12.5 Å². The Hall–Kier alpha value is 0.540. The molecule has 1 saturated carbocycles. The molecule has 2 atom stereocenters. The molecule has 0 aliphatic heterocycles. The molecule has 0 saturated heterocycles. The molecule has 0 aromatic heterocycles. The molecule has 1 nitrogen and oxygen atoms in total. The summed E-state index contributed by atoms with van der Waals surface area (Å²) in [5.74, 6) is 0.343. The lowest BCUT2D eigenvalue weighted by molar-refractivity contribution is 0.119. The Bertz CT molecular complexity index is 125. The number of hydrogen-bond acceptors (Lipinski definition) is 1. The maximum absolute atomic E-state index is 5.89. The van der Waals surface area contributed by atoms with Gasteiger partial charge in [0.2, 0.25) is 0 Å². The molecule has 3 heteroatoms. The summed E-state index contributed by atoms with van der Waals surface area (Å²) in [7, 11) is 0. The van der Waals surface area contributed by atoms with Crippen LogP contribution in [0.25, 0.3) is 0 Å². The Morgan fingerprint density at radius 1 is 1.40 bits per heavy atom. The van der Waals surface area contributed by atoms with Gasteiger partial charge in [-0.05, 0) is 13.3 Å². The quantitative estimate of drug-likeness (QED) is 0.611. The molecular weight excluding hydrogens is 171 g/mol. The highest BCUT2D eigenvalue weighted by atomic mass is 35.5. The highest BCUT2D eigenvalue weighted by Gasteiger charge is 2.63. The molecular formula is C7H12Cl2O. The van der Waals surface area contributed by atoms with Gasteiger partial charge in [-0.2, -0.15) is 0 Å². The summed E-state index contributed by atoms with van der Waals surface area (Å²) < 4.78 is 4.72. The van der Waals surface area contributed by atoms with E-state index in [1.54, 1.807) is 0 Å². The van der Waals surface area contributed by atoms with E-state index in [-0.39, 0.29) is 6.10 Å². The van der Waals surface area contributed by atoms with E-state index in [0.717, 1.165) is 6.42 Å². The third-order valence-corrected chi connectivity index (χ3v) is 2.91. The van der Waals surface area contributed by atoms with E-state index in [0.29, 0.717) is 12.5 Å². The topological polar surface area (TPSA) is 9.23 Å². The molecule has 0 N–H and O–H groups in total. The molecule has 0 spiro atoms. The minimum absolute atomic E-state index is 0.0748. The predicted octanol–water partition coefficient (Wildman–Crippen LogP) is 2.61. The fourth-order valence-corrected chi connectivity index (χ4v) is 2.09. The van der Waals surface area contributed by atoms with Crippen molar-refractivity contribution in [2.45, 2.75) is 30.7 Å². The SMILES string of the molecule is CCOC1C(CC)C1(Cl)Cl. The lowest BCUT2D eigenvalue weighted by atomic mass is 10.3. The second kappa shape index (κ2) is 2.88. The minimum atomic E-state index is -0.592. The third-order valence-electron chi connectivity index (χ3n) is 1.92. The van der Waals surface area contributed by atoms with Crippen molar-refractivity contribution in [3.8, 4) is 0 Å². The summed E-state index contributed by atoms with van der Waals surface area (Å²) in [6, 6.07) is 0. The second-order valence-corrected chi connectivity index (χ2v) is 4.01. The fourth-order valence-electron chi connectivity index (χ4n) is 1.25. The number of ether oxygens (including phenoxy) is 1. The van der Waals surface area contributed by atoms with Crippen LogP contribution < -0.4 is 0 Å². The molecule has 0 radical (unpaired) electrons. The Morgan fingerprint density at radius 3 is 2.30 bits per heavy atom. The average Bonchev–Trinajstić information content (AvgIpc) is 2.36. The van der Waals surface area contributed by atoms with E-state index in [9.17, 15) is 0 Å². The van der Waals surface area contributed by atoms with Gasteiger partial charge in [0.05, 0.1) is 6.10 Å². The van der Waals surface area contributed by atoms with Crippen LogP contribution in [-0.2, 0) is 4.74 Å². The molecule has 1 aliphatic carbocycles. The standard InChI is InChI=1S/C7H12Cl2O/c1-3-5-6(10-4-2)7(5,8)9/h5-6H,3-4H2,1-2H3. The Balaban J connectivity index is 2.37. The maximum atomic E-state index is 5.89. The molecule has 1 aliphatic rings. The molecule has 10 heavy (non-hydrogen) atoms. The van der Waals surface area contributed by atoms with E-state index >= 15 is 0 Å². The molecule has 0 heterocycles. The van der Waals surface area contributed by atoms with Gasteiger partial charge in [0.15, 0.2) is 0 Å². The van der Waals surface area contributed by atoms with Crippen LogP contribution in [0.1, 0.15) is 20.3 Å². The number of hydrogen-bond donors (Lipinski definition) is 0. The molecule has 2 unspecified atom stereocenters. The average molecular weight is 183 g/mol. The van der Waals surface area contributed by atoms with Crippen LogP contribution in [0.2, 0.25) is 0 Å². The Labute approximate surface area is 71.6 Å². The van der Waals surface area contributed by atoms with Crippen LogP contribution in [0.4, 0.5) is 0 Å². The highest BCUT2D eigenvalue weighted by molar-refractivity contribution is 6.51. The van der Waals surface area contributed by atoms with Crippen molar-refractivity contribution in [2.75, 3.05) is 6.61 Å². The summed E-state index contributed by atoms with van der Waals surface area (Å²) in [4.78, 5) is 0. The van der Waals surface area contributed by atoms with E-state index in [4.69, 9.17) is 27.9 Å². The zero-order chi connectivity index (χ0) is 7.78. The lowest BCUT2D eigenvalue weighted by Gasteiger charge is -1.96. The fraction of sp³-hybridized carbons (Fsp3) is 1.00. The van der Waals surface area contributed by atoms with E-state index < -0.39 is 4.33 Å². The Kier molecular flexibility index (Phi) is 2.49. The first-order chi connectivity index (χ1) is 4.64. The van der Waals surface area contributed by atoms with Crippen LogP contribution in [-0.4, -0.2) is 17.0 Å². The van der Waals surface area contributed by atoms with Crippen LogP contribution in [0.15, 0.2) is 0 Å². The van der Waals surface area contributed by atoms with E-state index in [1.165, 1.54) is 0 Å². The van der Waals surface area contributed by atoms with E-state index in [1.807, 2.05) is 6.92 Å². The molecule has 1 fully saturated rings. The van der Waals surface area contributed by atoms with Crippen molar-refractivity contribution in [1.29, 1.82) is 0 Å². The van der Waals surface area contributed by atoms with E-state index in [2.05, 4.69) is 6.92 Å². The molecule has 0 bridgehead atoms. The monoisotopic (exact) mass is 182 g/mol. The van der Waals surface area contributed by atoms with Gasteiger partial charge in [-0.1, -0.05) is 30.1 Å². The van der Waals surface area contributed by atoms with Gasteiger partial charge in [-0.25, -0.2) is 0 Å². The van der Waals surface area contributed by atoms with Crippen molar-refractivity contribution in [2.24, 2.45) is 5.92 Å². The Morgan fingerprint density at radius 2 is 2.00 bits per heavy atom. The van der Waals surface area contributed by atoms with Crippen LogP contribution in [0.5, 0.6) is 0 Å². The number of rotatable bonds is 3. The summed E-state index contributed by atoms with van der Waals surface area (Å²) in [5, 5.41) is 0. The predicted molar refractivity (Wildman–Crippen MR) is 43.6 cm³/mol. The molecule has 0 amide bonds. The van der Waals surface area contributed by atoms with Gasteiger partial charge in [0.1, 0.15) is 4.33 Å². The lowest BCUT2D eigenvalue weighted by Crippen LogP contribution is -2.00. The largest absolute Gasteiger partial charge is 0.375 e. The van der Waals surface area contributed by atoms with Crippen LogP contribution >= 0.6 is 23.2 Å². The first-order valence-electron chi connectivity index (χ1n) is 3.64. The van der Waals surface area contributed by atoms with Gasteiger partial charge >= 0.3 is 0 Å². The molecule has 0 aromatic carbocycles. The van der Waals surface area contributed by atoms with Crippen LogP contribution in [0, 0.1) is 5.92 Å². The zero-order valence-electron chi connectivity index (χ0n) is 6.23. The van der Waals surface area contributed by atoms with Crippen molar-refractivity contribution >= 4 is 23.2 Å². The highest BCUT2D eigenvalue weighted by Crippen LogP contribution is 2.56. The molecule has 1 rings (SSSR count). The van der Waals surface area contributed by atoms with Gasteiger partial charge in [-0.3, -0.25) is 0 Å². The third kappa shape index (κ3) is 1.27. The van der Waals surface area contributed by atoms with Crippen molar-refractivity contribution in [3.63, 3.8) is 0 Å². The maximum Gasteiger partial charge on any atom is 0.149 e. The smallest absolute Gasteiger partial charge is 0.149 e.